The predicted octanol–water partition coefficient (Wildman–Crippen LogP) is 1.12. The Morgan fingerprint density at radius 2 is 2.37 bits per heavy atom. The van der Waals surface area contributed by atoms with E-state index in [0.29, 0.717) is 54.4 Å². The number of fused-ring (bicyclic) bond motifs is 1. The molecule has 1 fully saturated rings. The van der Waals surface area contributed by atoms with Crippen molar-refractivity contribution >= 4 is 22.7 Å². The number of carbonyl (C=O) groups is 1. The molecule has 4 N–H and O–H groups in total. The molecule has 0 saturated carbocycles. The Balaban J connectivity index is 1.94. The summed E-state index contributed by atoms with van der Waals surface area (Å²) in [5.41, 5.74) is 7.58. The summed E-state index contributed by atoms with van der Waals surface area (Å²) >= 11 is 0. The first-order chi connectivity index (χ1) is 14.7. The fraction of sp³-hybridized carbons (Fsp3) is 0.333. The van der Waals surface area contributed by atoms with E-state index in [1.807, 2.05) is 12.1 Å². The number of pyridine rings is 1. The number of quaternary nitrogens is 1. The molecule has 3 aromatic rings. The fourth-order valence-electron chi connectivity index (χ4n) is 3.71. The smallest absolute Gasteiger partial charge is 0.341 e. The van der Waals surface area contributed by atoms with Gasteiger partial charge in [0.15, 0.2) is 5.65 Å². The summed E-state index contributed by atoms with van der Waals surface area (Å²) in [6, 6.07) is 9.39. The average molecular weight is 407 g/mol. The first kappa shape index (κ1) is 19.8. The van der Waals surface area contributed by atoms with Crippen LogP contribution in [0.2, 0.25) is 0 Å². The van der Waals surface area contributed by atoms with Crippen molar-refractivity contribution in [1.82, 2.24) is 15.2 Å². The van der Waals surface area contributed by atoms with Gasteiger partial charge in [0.05, 0.1) is 41.6 Å². The van der Waals surface area contributed by atoms with Crippen molar-refractivity contribution in [3.63, 3.8) is 0 Å². The van der Waals surface area contributed by atoms with Crippen LogP contribution in [0.1, 0.15) is 22.8 Å². The number of aromatic amines is 1. The maximum atomic E-state index is 12.8. The van der Waals surface area contributed by atoms with Crippen molar-refractivity contribution in [3.8, 4) is 17.3 Å². The number of H-pyrrole nitrogens is 1. The third kappa shape index (κ3) is 3.58. The van der Waals surface area contributed by atoms with E-state index in [9.17, 15) is 10.1 Å². The van der Waals surface area contributed by atoms with Crippen LogP contribution in [0.25, 0.3) is 22.3 Å². The number of carbonyl (C=O) groups excluding carboxylic acids is 1. The molecule has 1 aliphatic heterocycles. The monoisotopic (exact) mass is 407 g/mol. The Labute approximate surface area is 173 Å². The molecule has 1 saturated heterocycles. The first-order valence-corrected chi connectivity index (χ1v) is 9.86. The van der Waals surface area contributed by atoms with Crippen LogP contribution >= 0.6 is 0 Å². The highest BCUT2D eigenvalue weighted by molar-refractivity contribution is 6.09. The van der Waals surface area contributed by atoms with E-state index >= 15 is 0 Å². The molecule has 1 aliphatic rings. The maximum Gasteiger partial charge on any atom is 0.341 e. The van der Waals surface area contributed by atoms with Gasteiger partial charge in [0.2, 0.25) is 0 Å². The molecule has 0 spiro atoms. The highest BCUT2D eigenvalue weighted by Crippen LogP contribution is 2.37. The van der Waals surface area contributed by atoms with E-state index in [0.717, 1.165) is 10.9 Å². The molecule has 0 bridgehead atoms. The normalized spacial score (nSPS) is 16.4. The number of aromatic nitrogens is 3. The average Bonchev–Trinajstić information content (AvgIpc) is 3.23. The summed E-state index contributed by atoms with van der Waals surface area (Å²) in [6.07, 6.45) is 1.48. The zero-order valence-electron chi connectivity index (χ0n) is 16.7. The van der Waals surface area contributed by atoms with Crippen molar-refractivity contribution in [1.29, 1.82) is 5.26 Å². The molecule has 0 aliphatic carbocycles. The molecule has 3 heterocycles. The van der Waals surface area contributed by atoms with Crippen molar-refractivity contribution in [2.24, 2.45) is 0 Å². The summed E-state index contributed by atoms with van der Waals surface area (Å²) in [5.74, 6) is -0.433. The Bertz CT molecular complexity index is 1120. The van der Waals surface area contributed by atoms with E-state index in [2.05, 4.69) is 31.9 Å². The second-order valence-corrected chi connectivity index (χ2v) is 6.96. The van der Waals surface area contributed by atoms with E-state index in [1.165, 1.54) is 6.20 Å². The molecule has 0 amide bonds. The number of benzene rings is 1. The minimum absolute atomic E-state index is 0.0331. The number of morpholine rings is 1. The van der Waals surface area contributed by atoms with Crippen molar-refractivity contribution in [2.45, 2.75) is 13.0 Å². The number of nitriles is 1. The van der Waals surface area contributed by atoms with Crippen LogP contribution in [-0.4, -0.2) is 60.1 Å². The lowest BCUT2D eigenvalue weighted by molar-refractivity contribution is -0.386. The van der Waals surface area contributed by atoms with Gasteiger partial charge < -0.3 is 20.1 Å². The molecule has 1 atom stereocenters. The van der Waals surface area contributed by atoms with Crippen molar-refractivity contribution in [2.75, 3.05) is 37.7 Å². The molecule has 9 nitrogen and oxygen atoms in total. The summed E-state index contributed by atoms with van der Waals surface area (Å²) < 4.78 is 11.1. The van der Waals surface area contributed by atoms with Gasteiger partial charge in [-0.15, -0.1) is 0 Å². The van der Waals surface area contributed by atoms with Gasteiger partial charge in [-0.1, -0.05) is 12.1 Å². The summed E-state index contributed by atoms with van der Waals surface area (Å²) in [4.78, 5) is 19.3. The van der Waals surface area contributed by atoms with E-state index in [-0.39, 0.29) is 12.7 Å². The summed E-state index contributed by atoms with van der Waals surface area (Å²) in [6.45, 7) is 4.41. The predicted molar refractivity (Wildman–Crippen MR) is 110 cm³/mol. The van der Waals surface area contributed by atoms with Gasteiger partial charge in [-0.25, -0.2) is 9.78 Å². The number of nitrogens with one attached hydrogen (secondary N) is 1. The molecule has 0 radical (unpaired) electrons. The van der Waals surface area contributed by atoms with Gasteiger partial charge in [-0.05, 0) is 19.1 Å². The fourth-order valence-corrected chi connectivity index (χ4v) is 3.71. The Hall–Kier alpha value is -3.48. The largest absolute Gasteiger partial charge is 0.462 e. The number of nitrogens with zero attached hydrogens (tertiary/aromatic N) is 4. The van der Waals surface area contributed by atoms with Crippen molar-refractivity contribution < 1.29 is 20.0 Å². The second-order valence-electron chi connectivity index (χ2n) is 6.96. The lowest BCUT2D eigenvalue weighted by Gasteiger charge is -2.34. The molecule has 4 rings (SSSR count). The van der Waals surface area contributed by atoms with Crippen LogP contribution in [0.15, 0.2) is 30.5 Å². The number of esters is 1. The third-order valence-corrected chi connectivity index (χ3v) is 5.11. The van der Waals surface area contributed by atoms with Crippen LogP contribution in [0, 0.1) is 11.3 Å². The van der Waals surface area contributed by atoms with Crippen molar-refractivity contribution in [3.05, 3.63) is 41.6 Å². The Morgan fingerprint density at radius 3 is 3.13 bits per heavy atom. The zero-order chi connectivity index (χ0) is 21.1. The summed E-state index contributed by atoms with van der Waals surface area (Å²) in [5, 5.41) is 17.4. The number of ether oxygens (including phenoxy) is 2. The minimum atomic E-state index is -0.433. The maximum absolute atomic E-state index is 12.8. The SMILES string of the molecule is CCOC(=O)c1cnc2n[nH]c(-c3cccc(C#N)c3)c2c1N1CCO[C@H](C[NH3+])C1. The highest BCUT2D eigenvalue weighted by atomic mass is 16.5. The topological polar surface area (TPSA) is 132 Å². The molecule has 0 unspecified atom stereocenters. The minimum Gasteiger partial charge on any atom is -0.462 e. The molecule has 1 aromatic carbocycles. The Morgan fingerprint density at radius 1 is 1.50 bits per heavy atom. The van der Waals surface area contributed by atoms with Gasteiger partial charge in [0.1, 0.15) is 18.2 Å². The van der Waals surface area contributed by atoms with Gasteiger partial charge >= 0.3 is 5.97 Å². The quantitative estimate of drug-likeness (QED) is 0.606. The molecule has 9 heteroatoms. The molecule has 154 valence electrons. The zero-order valence-corrected chi connectivity index (χ0v) is 16.7. The first-order valence-electron chi connectivity index (χ1n) is 9.86. The number of hydrogen-bond acceptors (Lipinski definition) is 7. The summed E-state index contributed by atoms with van der Waals surface area (Å²) in [7, 11) is 0. The molecular formula is C21H23N6O3+. The van der Waals surface area contributed by atoms with Crippen LogP contribution in [0.4, 0.5) is 5.69 Å². The lowest BCUT2D eigenvalue weighted by atomic mass is 10.0. The standard InChI is InChI=1S/C21H22N6O3/c1-2-29-21(28)16-11-24-20-17(19(16)27-6-7-30-15(10-23)12-27)18(25-26-20)14-5-3-4-13(8-14)9-22/h3-5,8,11,15H,2,6-7,10,12,23H2,1H3,(H,24,25,26)/p+1/t15-/m1/s1. The van der Waals surface area contributed by atoms with Crippen LogP contribution in [0.3, 0.4) is 0 Å². The van der Waals surface area contributed by atoms with Crippen LogP contribution < -0.4 is 10.6 Å². The Kier molecular flexibility index (Phi) is 5.61. The van der Waals surface area contributed by atoms with Gasteiger partial charge in [-0.2, -0.15) is 10.4 Å². The van der Waals surface area contributed by atoms with Crippen LogP contribution in [-0.2, 0) is 9.47 Å². The van der Waals surface area contributed by atoms with E-state index in [1.54, 1.807) is 19.1 Å². The molecular weight excluding hydrogens is 384 g/mol. The lowest BCUT2D eigenvalue weighted by Crippen LogP contribution is -2.60. The van der Waals surface area contributed by atoms with Crippen LogP contribution in [0.5, 0.6) is 0 Å². The van der Waals surface area contributed by atoms with Gasteiger partial charge in [-0.3, -0.25) is 5.10 Å². The molecule has 30 heavy (non-hydrogen) atoms. The molecule has 2 aromatic heterocycles. The number of hydrogen-bond donors (Lipinski definition) is 2. The second kappa shape index (κ2) is 8.49. The number of rotatable bonds is 5. The third-order valence-electron chi connectivity index (χ3n) is 5.11. The van der Waals surface area contributed by atoms with E-state index < -0.39 is 5.97 Å². The van der Waals surface area contributed by atoms with Gasteiger partial charge in [0.25, 0.3) is 0 Å². The van der Waals surface area contributed by atoms with E-state index in [4.69, 9.17) is 9.47 Å². The number of anilines is 1. The van der Waals surface area contributed by atoms with Gasteiger partial charge in [0, 0.05) is 24.8 Å². The highest BCUT2D eigenvalue weighted by Gasteiger charge is 2.29.